The molecule has 0 bridgehead atoms. The lowest BCUT2D eigenvalue weighted by atomic mass is 9.79. The molecule has 2 heteroatoms. The third-order valence-corrected chi connectivity index (χ3v) is 4.29. The summed E-state index contributed by atoms with van der Waals surface area (Å²) in [5, 5.41) is 3.30. The lowest BCUT2D eigenvalue weighted by molar-refractivity contribution is 0.419. The Morgan fingerprint density at radius 2 is 1.75 bits per heavy atom. The smallest absolute Gasteiger partial charge is 0.123 e. The Morgan fingerprint density at radius 3 is 2.35 bits per heavy atom. The van der Waals surface area contributed by atoms with E-state index in [9.17, 15) is 4.39 Å². The molecule has 1 aliphatic carbocycles. The van der Waals surface area contributed by atoms with E-state index < -0.39 is 0 Å². The predicted molar refractivity (Wildman–Crippen MR) is 80.3 cm³/mol. The summed E-state index contributed by atoms with van der Waals surface area (Å²) >= 11 is 0. The van der Waals surface area contributed by atoms with Gasteiger partial charge in [0.15, 0.2) is 0 Å². The van der Waals surface area contributed by atoms with Crippen LogP contribution in [0.2, 0.25) is 0 Å². The van der Waals surface area contributed by atoms with Crippen LogP contribution >= 0.6 is 0 Å². The molecule has 1 atom stereocenters. The molecule has 0 aromatic heterocycles. The second-order valence-corrected chi connectivity index (χ2v) is 5.57. The molecule has 2 aromatic carbocycles. The van der Waals surface area contributed by atoms with Crippen molar-refractivity contribution in [3.8, 4) is 0 Å². The molecular weight excluding hydrogens is 249 g/mol. The van der Waals surface area contributed by atoms with Gasteiger partial charge in [-0.25, -0.2) is 4.39 Å². The van der Waals surface area contributed by atoms with Crippen LogP contribution in [0.1, 0.15) is 47.9 Å². The highest BCUT2D eigenvalue weighted by molar-refractivity contribution is 5.36. The van der Waals surface area contributed by atoms with Crippen molar-refractivity contribution in [1.82, 2.24) is 5.32 Å². The van der Waals surface area contributed by atoms with Crippen molar-refractivity contribution in [3.63, 3.8) is 0 Å². The van der Waals surface area contributed by atoms with E-state index in [1.165, 1.54) is 36.5 Å². The molecule has 2 aromatic rings. The highest BCUT2D eigenvalue weighted by Crippen LogP contribution is 2.37. The van der Waals surface area contributed by atoms with Crippen molar-refractivity contribution in [1.29, 1.82) is 0 Å². The molecule has 0 radical (unpaired) electrons. The second-order valence-electron chi connectivity index (χ2n) is 5.57. The SMILES string of the molecule is CNC(c1cccc(F)c1)c1cccc(C2CCC2)c1. The number of nitrogens with one attached hydrogen (secondary N) is 1. The Balaban J connectivity index is 1.92. The van der Waals surface area contributed by atoms with Gasteiger partial charge in [-0.05, 0) is 54.6 Å². The molecule has 0 saturated heterocycles. The largest absolute Gasteiger partial charge is 0.309 e. The minimum absolute atomic E-state index is 0.0470. The standard InChI is InChI=1S/C18H20FN/c1-20-18(16-9-4-10-17(19)12-16)15-8-3-7-14(11-15)13-5-2-6-13/h3-4,7-13,18,20H,2,5-6H2,1H3. The van der Waals surface area contributed by atoms with E-state index in [-0.39, 0.29) is 11.9 Å². The van der Waals surface area contributed by atoms with E-state index in [2.05, 4.69) is 29.6 Å². The minimum atomic E-state index is -0.183. The summed E-state index contributed by atoms with van der Waals surface area (Å²) < 4.78 is 13.4. The van der Waals surface area contributed by atoms with Gasteiger partial charge in [0.2, 0.25) is 0 Å². The van der Waals surface area contributed by atoms with Gasteiger partial charge in [-0.1, -0.05) is 42.8 Å². The summed E-state index contributed by atoms with van der Waals surface area (Å²) in [7, 11) is 1.92. The van der Waals surface area contributed by atoms with Crippen LogP contribution in [0.15, 0.2) is 48.5 Å². The first kappa shape index (κ1) is 13.3. The Hall–Kier alpha value is -1.67. The number of hydrogen-bond donors (Lipinski definition) is 1. The van der Waals surface area contributed by atoms with Crippen molar-refractivity contribution < 1.29 is 4.39 Å². The third-order valence-electron chi connectivity index (χ3n) is 4.29. The molecule has 0 spiro atoms. The normalized spacial score (nSPS) is 16.7. The van der Waals surface area contributed by atoms with E-state index >= 15 is 0 Å². The van der Waals surface area contributed by atoms with Crippen LogP contribution in [0.4, 0.5) is 4.39 Å². The maximum absolute atomic E-state index is 13.4. The molecule has 0 heterocycles. The molecular formula is C18H20FN. The van der Waals surface area contributed by atoms with Crippen molar-refractivity contribution in [3.05, 3.63) is 71.0 Å². The predicted octanol–water partition coefficient (Wildman–Crippen LogP) is 4.40. The highest BCUT2D eigenvalue weighted by Gasteiger charge is 2.21. The molecule has 20 heavy (non-hydrogen) atoms. The third kappa shape index (κ3) is 2.61. The van der Waals surface area contributed by atoms with E-state index in [1.54, 1.807) is 12.1 Å². The Morgan fingerprint density at radius 1 is 1.05 bits per heavy atom. The maximum Gasteiger partial charge on any atom is 0.123 e. The van der Waals surface area contributed by atoms with Crippen LogP contribution in [0, 0.1) is 5.82 Å². The molecule has 1 nitrogen and oxygen atoms in total. The molecule has 1 fully saturated rings. The molecule has 0 amide bonds. The Bertz CT molecular complexity index is 589. The van der Waals surface area contributed by atoms with Gasteiger partial charge in [0.25, 0.3) is 0 Å². The zero-order valence-corrected chi connectivity index (χ0v) is 11.8. The summed E-state index contributed by atoms with van der Waals surface area (Å²) in [6, 6.07) is 15.6. The fraction of sp³-hybridized carbons (Fsp3) is 0.333. The fourth-order valence-corrected chi connectivity index (χ4v) is 2.95. The topological polar surface area (TPSA) is 12.0 Å². The van der Waals surface area contributed by atoms with Crippen molar-refractivity contribution in [2.45, 2.75) is 31.2 Å². The Labute approximate surface area is 119 Å². The molecule has 1 unspecified atom stereocenters. The molecule has 0 aliphatic heterocycles. The van der Waals surface area contributed by atoms with Crippen LogP contribution in [-0.2, 0) is 0 Å². The summed E-state index contributed by atoms with van der Waals surface area (Å²) in [5.74, 6) is 0.540. The summed E-state index contributed by atoms with van der Waals surface area (Å²) in [4.78, 5) is 0. The number of rotatable bonds is 4. The number of benzene rings is 2. The van der Waals surface area contributed by atoms with Crippen molar-refractivity contribution in [2.75, 3.05) is 7.05 Å². The van der Waals surface area contributed by atoms with Gasteiger partial charge < -0.3 is 5.32 Å². The van der Waals surface area contributed by atoms with Gasteiger partial charge in [0.1, 0.15) is 5.82 Å². The molecule has 1 N–H and O–H groups in total. The van der Waals surface area contributed by atoms with Gasteiger partial charge in [-0.15, -0.1) is 0 Å². The molecule has 1 aliphatic rings. The van der Waals surface area contributed by atoms with Gasteiger partial charge in [0, 0.05) is 0 Å². The minimum Gasteiger partial charge on any atom is -0.309 e. The van der Waals surface area contributed by atoms with Crippen LogP contribution in [-0.4, -0.2) is 7.05 Å². The summed E-state index contributed by atoms with van der Waals surface area (Å²) in [6.45, 7) is 0. The van der Waals surface area contributed by atoms with Crippen LogP contribution in [0.25, 0.3) is 0 Å². The first-order valence-corrected chi connectivity index (χ1v) is 7.30. The van der Waals surface area contributed by atoms with Crippen LogP contribution < -0.4 is 5.32 Å². The zero-order chi connectivity index (χ0) is 13.9. The molecule has 1 saturated carbocycles. The molecule has 104 valence electrons. The van der Waals surface area contributed by atoms with Gasteiger partial charge in [0.05, 0.1) is 6.04 Å². The monoisotopic (exact) mass is 269 g/mol. The summed E-state index contributed by atoms with van der Waals surface area (Å²) in [5.41, 5.74) is 3.60. The number of hydrogen-bond acceptors (Lipinski definition) is 1. The lowest BCUT2D eigenvalue weighted by Gasteiger charge is -2.27. The maximum atomic E-state index is 13.4. The lowest BCUT2D eigenvalue weighted by Crippen LogP contribution is -2.18. The quantitative estimate of drug-likeness (QED) is 0.867. The van der Waals surface area contributed by atoms with Crippen LogP contribution in [0.3, 0.4) is 0 Å². The van der Waals surface area contributed by atoms with E-state index in [1.807, 2.05) is 13.1 Å². The second kappa shape index (κ2) is 5.76. The molecule has 3 rings (SSSR count). The first-order valence-electron chi connectivity index (χ1n) is 7.30. The average molecular weight is 269 g/mol. The number of halogens is 1. The van der Waals surface area contributed by atoms with E-state index in [0.717, 1.165) is 11.5 Å². The van der Waals surface area contributed by atoms with Crippen molar-refractivity contribution >= 4 is 0 Å². The van der Waals surface area contributed by atoms with Crippen LogP contribution in [0.5, 0.6) is 0 Å². The zero-order valence-electron chi connectivity index (χ0n) is 11.8. The fourth-order valence-electron chi connectivity index (χ4n) is 2.95. The average Bonchev–Trinajstić information content (AvgIpc) is 2.38. The van der Waals surface area contributed by atoms with Gasteiger partial charge in [-0.2, -0.15) is 0 Å². The first-order chi connectivity index (χ1) is 9.78. The summed E-state index contributed by atoms with van der Waals surface area (Å²) in [6.07, 6.45) is 3.94. The van der Waals surface area contributed by atoms with Gasteiger partial charge in [-0.3, -0.25) is 0 Å². The highest BCUT2D eigenvalue weighted by atomic mass is 19.1. The van der Waals surface area contributed by atoms with Crippen molar-refractivity contribution in [2.24, 2.45) is 0 Å². The Kier molecular flexibility index (Phi) is 3.83. The van der Waals surface area contributed by atoms with E-state index in [0.29, 0.717) is 0 Å². The van der Waals surface area contributed by atoms with E-state index in [4.69, 9.17) is 0 Å². The van der Waals surface area contributed by atoms with Gasteiger partial charge >= 0.3 is 0 Å².